The van der Waals surface area contributed by atoms with Crippen LogP contribution in [0, 0.1) is 5.82 Å². The Morgan fingerprint density at radius 1 is 1.33 bits per heavy atom. The number of carbonyl (C=O) groups is 1. The smallest absolute Gasteiger partial charge is 0.251 e. The van der Waals surface area contributed by atoms with Crippen LogP contribution in [0.15, 0.2) is 18.2 Å². The van der Waals surface area contributed by atoms with Crippen molar-refractivity contribution in [3.8, 4) is 0 Å². The third-order valence-corrected chi connectivity index (χ3v) is 3.43. The fourth-order valence-electron chi connectivity index (χ4n) is 2.33. The van der Waals surface area contributed by atoms with Crippen LogP contribution in [0.3, 0.4) is 0 Å². The lowest BCUT2D eigenvalue weighted by Gasteiger charge is -2.22. The van der Waals surface area contributed by atoms with Crippen LogP contribution < -0.4 is 5.32 Å². The molecule has 18 heavy (non-hydrogen) atoms. The van der Waals surface area contributed by atoms with Gasteiger partial charge in [0.15, 0.2) is 0 Å². The Hall–Kier alpha value is -1.42. The summed E-state index contributed by atoms with van der Waals surface area (Å²) in [4.78, 5) is 11.9. The van der Waals surface area contributed by atoms with Crippen molar-refractivity contribution in [1.29, 1.82) is 0 Å². The Kier molecular flexibility index (Phi) is 4.31. The number of benzene rings is 1. The maximum Gasteiger partial charge on any atom is 0.251 e. The molecule has 0 spiro atoms. The first kappa shape index (κ1) is 13.0. The molecule has 1 aromatic rings. The first-order valence-electron chi connectivity index (χ1n) is 6.41. The van der Waals surface area contributed by atoms with Crippen LogP contribution >= 0.6 is 0 Å². The number of rotatable bonds is 3. The number of nitrogens with one attached hydrogen (secondary N) is 1. The summed E-state index contributed by atoms with van der Waals surface area (Å²) in [5, 5.41) is 11.8. The Morgan fingerprint density at radius 2 is 2.06 bits per heavy atom. The number of aliphatic hydroxyl groups excluding tert-OH is 1. The van der Waals surface area contributed by atoms with E-state index in [1.54, 1.807) is 6.07 Å². The van der Waals surface area contributed by atoms with E-state index in [4.69, 9.17) is 5.11 Å². The predicted molar refractivity (Wildman–Crippen MR) is 66.7 cm³/mol. The minimum Gasteiger partial charge on any atom is -0.392 e. The van der Waals surface area contributed by atoms with Gasteiger partial charge in [-0.05, 0) is 25.0 Å². The minimum absolute atomic E-state index is 0.212. The quantitative estimate of drug-likeness (QED) is 0.866. The van der Waals surface area contributed by atoms with Gasteiger partial charge in [0.25, 0.3) is 5.91 Å². The van der Waals surface area contributed by atoms with Gasteiger partial charge in [-0.15, -0.1) is 0 Å². The molecule has 1 aliphatic carbocycles. The van der Waals surface area contributed by atoms with Crippen LogP contribution in [0.2, 0.25) is 0 Å². The van der Waals surface area contributed by atoms with Crippen molar-refractivity contribution in [2.24, 2.45) is 0 Å². The van der Waals surface area contributed by atoms with Gasteiger partial charge in [0, 0.05) is 17.2 Å². The molecule has 2 N–H and O–H groups in total. The third kappa shape index (κ3) is 3.07. The molecule has 0 bridgehead atoms. The lowest BCUT2D eigenvalue weighted by atomic mass is 9.95. The number of hydrogen-bond acceptors (Lipinski definition) is 2. The van der Waals surface area contributed by atoms with E-state index in [1.807, 2.05) is 0 Å². The monoisotopic (exact) mass is 251 g/mol. The van der Waals surface area contributed by atoms with E-state index in [-0.39, 0.29) is 24.1 Å². The minimum atomic E-state index is -0.534. The topological polar surface area (TPSA) is 49.3 Å². The third-order valence-electron chi connectivity index (χ3n) is 3.43. The maximum atomic E-state index is 13.4. The van der Waals surface area contributed by atoms with Gasteiger partial charge in [0.2, 0.25) is 0 Å². The predicted octanol–water partition coefficient (Wildman–Crippen LogP) is 2.38. The zero-order chi connectivity index (χ0) is 13.0. The Balaban J connectivity index is 2.01. The molecule has 98 valence electrons. The fourth-order valence-corrected chi connectivity index (χ4v) is 2.33. The SMILES string of the molecule is O=C(NC1CCCCC1)c1ccc(CO)c(F)c1. The highest BCUT2D eigenvalue weighted by atomic mass is 19.1. The van der Waals surface area contributed by atoms with E-state index in [9.17, 15) is 9.18 Å². The van der Waals surface area contributed by atoms with Gasteiger partial charge < -0.3 is 10.4 Å². The van der Waals surface area contributed by atoms with E-state index in [2.05, 4.69) is 5.32 Å². The highest BCUT2D eigenvalue weighted by Crippen LogP contribution is 2.18. The molecule has 1 amide bonds. The summed E-state index contributed by atoms with van der Waals surface area (Å²) < 4.78 is 13.4. The molecule has 1 fully saturated rings. The average Bonchev–Trinajstić information content (AvgIpc) is 2.39. The summed E-state index contributed by atoms with van der Waals surface area (Å²) in [6.07, 6.45) is 5.52. The summed E-state index contributed by atoms with van der Waals surface area (Å²) in [5.41, 5.74) is 0.527. The van der Waals surface area contributed by atoms with Gasteiger partial charge in [-0.2, -0.15) is 0 Å². The molecule has 4 heteroatoms. The summed E-state index contributed by atoms with van der Waals surface area (Å²) in [6.45, 7) is -0.351. The summed E-state index contributed by atoms with van der Waals surface area (Å²) >= 11 is 0. The van der Waals surface area contributed by atoms with Gasteiger partial charge in [-0.3, -0.25) is 4.79 Å². The zero-order valence-corrected chi connectivity index (χ0v) is 10.3. The normalized spacial score (nSPS) is 16.6. The Bertz CT molecular complexity index is 428. The maximum absolute atomic E-state index is 13.4. The van der Waals surface area contributed by atoms with Crippen molar-refractivity contribution < 1.29 is 14.3 Å². The van der Waals surface area contributed by atoms with E-state index in [0.29, 0.717) is 5.56 Å². The lowest BCUT2D eigenvalue weighted by molar-refractivity contribution is 0.0927. The molecular weight excluding hydrogens is 233 g/mol. The molecule has 2 rings (SSSR count). The summed E-state index contributed by atoms with van der Waals surface area (Å²) in [6, 6.07) is 4.40. The molecule has 0 unspecified atom stereocenters. The standard InChI is InChI=1S/C14H18FNO2/c15-13-8-10(6-7-11(13)9-17)14(18)16-12-4-2-1-3-5-12/h6-8,12,17H,1-5,9H2,(H,16,18). The first-order valence-corrected chi connectivity index (χ1v) is 6.41. The Labute approximate surface area is 106 Å². The van der Waals surface area contributed by atoms with Gasteiger partial charge in [0.1, 0.15) is 5.82 Å². The number of carbonyl (C=O) groups excluding carboxylic acids is 1. The molecule has 0 saturated heterocycles. The van der Waals surface area contributed by atoms with E-state index in [0.717, 1.165) is 25.7 Å². The van der Waals surface area contributed by atoms with Crippen molar-refractivity contribution in [3.63, 3.8) is 0 Å². The van der Waals surface area contributed by atoms with Gasteiger partial charge in [-0.25, -0.2) is 4.39 Å². The molecule has 1 aromatic carbocycles. The van der Waals surface area contributed by atoms with Gasteiger partial charge in [0.05, 0.1) is 6.61 Å². The van der Waals surface area contributed by atoms with E-state index < -0.39 is 5.82 Å². The van der Waals surface area contributed by atoms with Crippen LogP contribution in [-0.2, 0) is 6.61 Å². The van der Waals surface area contributed by atoms with Crippen molar-refractivity contribution in [1.82, 2.24) is 5.32 Å². The largest absolute Gasteiger partial charge is 0.392 e. The van der Waals surface area contributed by atoms with Gasteiger partial charge >= 0.3 is 0 Å². The molecule has 1 saturated carbocycles. The van der Waals surface area contributed by atoms with Crippen molar-refractivity contribution in [2.45, 2.75) is 44.8 Å². The van der Waals surface area contributed by atoms with Crippen molar-refractivity contribution >= 4 is 5.91 Å². The molecule has 1 aliphatic rings. The lowest BCUT2D eigenvalue weighted by Crippen LogP contribution is -2.36. The second-order valence-corrected chi connectivity index (χ2v) is 4.77. The highest BCUT2D eigenvalue weighted by Gasteiger charge is 2.17. The number of hydrogen-bond donors (Lipinski definition) is 2. The molecule has 0 aromatic heterocycles. The number of halogens is 1. The molecular formula is C14H18FNO2. The van der Waals surface area contributed by atoms with Crippen LogP contribution in [0.1, 0.15) is 48.0 Å². The summed E-state index contributed by atoms with van der Waals surface area (Å²) in [5.74, 6) is -0.765. The van der Waals surface area contributed by atoms with Crippen molar-refractivity contribution in [2.75, 3.05) is 0 Å². The van der Waals surface area contributed by atoms with Crippen LogP contribution in [0.4, 0.5) is 4.39 Å². The van der Waals surface area contributed by atoms with Crippen molar-refractivity contribution in [3.05, 3.63) is 35.1 Å². The first-order chi connectivity index (χ1) is 8.70. The zero-order valence-electron chi connectivity index (χ0n) is 10.3. The van der Waals surface area contributed by atoms with E-state index in [1.165, 1.54) is 18.6 Å². The van der Waals surface area contributed by atoms with Gasteiger partial charge in [-0.1, -0.05) is 25.3 Å². The molecule has 0 aliphatic heterocycles. The highest BCUT2D eigenvalue weighted by molar-refractivity contribution is 5.94. The second-order valence-electron chi connectivity index (χ2n) is 4.77. The number of amides is 1. The van der Waals surface area contributed by atoms with Crippen LogP contribution in [-0.4, -0.2) is 17.1 Å². The van der Waals surface area contributed by atoms with Crippen LogP contribution in [0.5, 0.6) is 0 Å². The molecule has 0 heterocycles. The number of aliphatic hydroxyl groups is 1. The molecule has 0 radical (unpaired) electrons. The van der Waals surface area contributed by atoms with E-state index >= 15 is 0 Å². The molecule has 0 atom stereocenters. The Morgan fingerprint density at radius 3 is 2.67 bits per heavy atom. The van der Waals surface area contributed by atoms with Crippen LogP contribution in [0.25, 0.3) is 0 Å². The summed E-state index contributed by atoms with van der Waals surface area (Å²) in [7, 11) is 0. The average molecular weight is 251 g/mol. The molecule has 3 nitrogen and oxygen atoms in total. The second kappa shape index (κ2) is 5.96. The fraction of sp³-hybridized carbons (Fsp3) is 0.500.